The van der Waals surface area contributed by atoms with Crippen molar-refractivity contribution in [3.8, 4) is 0 Å². The molecule has 5 nitrogen and oxygen atoms in total. The molecule has 0 saturated heterocycles. The quantitative estimate of drug-likeness (QED) is 0.501. The van der Waals surface area contributed by atoms with Crippen LogP contribution in [0, 0.1) is 17.8 Å². The van der Waals surface area contributed by atoms with E-state index >= 15 is 0 Å². The Morgan fingerprint density at radius 3 is 2.09 bits per heavy atom. The second kappa shape index (κ2) is 9.09. The number of nitrogens with zero attached hydrogens (tertiary/aromatic N) is 3. The molecule has 1 aliphatic heterocycles. The highest BCUT2D eigenvalue weighted by Gasteiger charge is 2.45. The van der Waals surface area contributed by atoms with Crippen molar-refractivity contribution in [1.29, 1.82) is 0 Å². The predicted octanol–water partition coefficient (Wildman–Crippen LogP) is 7.10. The second-order valence-corrected chi connectivity index (χ2v) is 10.8. The summed E-state index contributed by atoms with van der Waals surface area (Å²) in [4.78, 5) is 16.4. The van der Waals surface area contributed by atoms with Crippen molar-refractivity contribution in [2.45, 2.75) is 76.7 Å². The zero-order chi connectivity index (χ0) is 23.1. The number of nitrogens with two attached hydrogens (primary N) is 1. The lowest BCUT2D eigenvalue weighted by molar-refractivity contribution is 0.0469. The van der Waals surface area contributed by atoms with E-state index in [1.165, 1.54) is 57.8 Å². The van der Waals surface area contributed by atoms with Crippen LogP contribution < -0.4 is 10.6 Å². The molecular formula is C29H36N4O. The van der Waals surface area contributed by atoms with Crippen LogP contribution in [0.3, 0.4) is 0 Å². The first-order valence-electron chi connectivity index (χ1n) is 13.4. The van der Waals surface area contributed by atoms with Gasteiger partial charge in [-0.15, -0.1) is 0 Å². The number of para-hydroxylation sites is 1. The molecule has 2 bridgehead atoms. The van der Waals surface area contributed by atoms with Gasteiger partial charge in [0, 0.05) is 17.2 Å². The molecule has 34 heavy (non-hydrogen) atoms. The summed E-state index contributed by atoms with van der Waals surface area (Å²) in [6.45, 7) is 0. The lowest BCUT2D eigenvalue weighted by Gasteiger charge is -2.46. The third-order valence-electron chi connectivity index (χ3n) is 8.71. The van der Waals surface area contributed by atoms with Crippen molar-refractivity contribution in [1.82, 2.24) is 5.01 Å². The first kappa shape index (κ1) is 21.7. The van der Waals surface area contributed by atoms with Crippen LogP contribution in [0.5, 0.6) is 0 Å². The summed E-state index contributed by atoms with van der Waals surface area (Å²) in [6, 6.07) is 16.3. The third-order valence-corrected chi connectivity index (χ3v) is 8.71. The maximum atomic E-state index is 14.5. The Balaban J connectivity index is 1.52. The summed E-state index contributed by atoms with van der Waals surface area (Å²) in [6.07, 6.45) is 13.6. The molecule has 0 radical (unpaired) electrons. The van der Waals surface area contributed by atoms with Crippen molar-refractivity contribution in [2.24, 2.45) is 22.9 Å². The molecule has 4 aliphatic rings. The van der Waals surface area contributed by atoms with Gasteiger partial charge in [-0.1, -0.05) is 50.3 Å². The number of amides is 2. The van der Waals surface area contributed by atoms with Crippen molar-refractivity contribution in [3.05, 3.63) is 54.1 Å². The standard InChI is InChI=1S/C29H36N4O/c30-23-16-18-24(19-17-23)32-26-15-5-4-14-25(26)27(20-8-2-1-3-9-20)31-33(29(32)34)28-21-10-6-11-22(28)13-7-12-21/h4-5,14-22,28H,1-3,6-13,30H2. The van der Waals surface area contributed by atoms with E-state index < -0.39 is 0 Å². The summed E-state index contributed by atoms with van der Waals surface area (Å²) in [7, 11) is 0. The van der Waals surface area contributed by atoms with Crippen LogP contribution in [-0.4, -0.2) is 22.8 Å². The number of urea groups is 1. The predicted molar refractivity (Wildman–Crippen MR) is 138 cm³/mol. The largest absolute Gasteiger partial charge is 0.399 e. The number of nitrogen functional groups attached to an aromatic ring is 1. The lowest BCUT2D eigenvalue weighted by Crippen LogP contribution is -2.52. The van der Waals surface area contributed by atoms with Gasteiger partial charge in [0.05, 0.1) is 23.1 Å². The summed E-state index contributed by atoms with van der Waals surface area (Å²) < 4.78 is 0. The number of carbonyl (C=O) groups is 1. The molecule has 5 heteroatoms. The Kier molecular flexibility index (Phi) is 5.80. The van der Waals surface area contributed by atoms with Gasteiger partial charge in [-0.2, -0.15) is 5.10 Å². The number of anilines is 3. The van der Waals surface area contributed by atoms with Gasteiger partial charge < -0.3 is 5.73 Å². The summed E-state index contributed by atoms with van der Waals surface area (Å²) in [5.74, 6) is 1.53. The van der Waals surface area contributed by atoms with E-state index in [0.717, 1.165) is 35.5 Å². The fraction of sp³-hybridized carbons (Fsp3) is 0.517. The Morgan fingerprint density at radius 1 is 0.765 bits per heavy atom. The molecule has 0 atom stereocenters. The van der Waals surface area contributed by atoms with Gasteiger partial charge in [0.2, 0.25) is 0 Å². The van der Waals surface area contributed by atoms with Gasteiger partial charge in [0.25, 0.3) is 0 Å². The Hall–Kier alpha value is -2.82. The van der Waals surface area contributed by atoms with E-state index in [0.29, 0.717) is 23.4 Å². The van der Waals surface area contributed by atoms with Crippen LogP contribution in [0.4, 0.5) is 21.9 Å². The molecule has 3 saturated carbocycles. The maximum Gasteiger partial charge on any atom is 0.349 e. The molecule has 178 valence electrons. The Labute approximate surface area is 203 Å². The molecule has 2 aromatic carbocycles. The topological polar surface area (TPSA) is 61.9 Å². The lowest BCUT2D eigenvalue weighted by atomic mass is 9.68. The molecular weight excluding hydrogens is 420 g/mol. The third kappa shape index (κ3) is 3.79. The fourth-order valence-electron chi connectivity index (χ4n) is 7.09. The Morgan fingerprint density at radius 2 is 1.41 bits per heavy atom. The van der Waals surface area contributed by atoms with Gasteiger partial charge in [-0.25, -0.2) is 9.80 Å². The zero-order valence-electron chi connectivity index (χ0n) is 20.0. The molecule has 0 spiro atoms. The maximum absolute atomic E-state index is 14.5. The summed E-state index contributed by atoms with van der Waals surface area (Å²) in [5, 5.41) is 7.31. The number of benzene rings is 2. The van der Waals surface area contributed by atoms with Crippen LogP contribution in [0.2, 0.25) is 0 Å². The number of rotatable bonds is 3. The average molecular weight is 457 g/mol. The zero-order valence-corrected chi connectivity index (χ0v) is 20.0. The van der Waals surface area contributed by atoms with Crippen molar-refractivity contribution in [2.75, 3.05) is 10.6 Å². The Bertz CT molecular complexity index is 1050. The summed E-state index contributed by atoms with van der Waals surface area (Å²) >= 11 is 0. The van der Waals surface area contributed by atoms with Gasteiger partial charge in [-0.3, -0.25) is 4.90 Å². The van der Waals surface area contributed by atoms with Crippen molar-refractivity contribution >= 4 is 28.8 Å². The highest BCUT2D eigenvalue weighted by Crippen LogP contribution is 2.45. The SMILES string of the molecule is Nc1ccc(N2C(=O)N(C3C4CCCC3CCC4)N=C(C3CCCCC3)c3ccccc32)cc1. The molecule has 2 aromatic rings. The number of hydrazone groups is 1. The molecule has 3 fully saturated rings. The minimum absolute atomic E-state index is 0.00756. The first-order chi connectivity index (χ1) is 16.7. The van der Waals surface area contributed by atoms with Gasteiger partial charge in [0.1, 0.15) is 0 Å². The van der Waals surface area contributed by atoms with Crippen LogP contribution >= 0.6 is 0 Å². The normalized spacial score (nSPS) is 27.7. The molecule has 0 unspecified atom stereocenters. The number of hydrogen-bond acceptors (Lipinski definition) is 3. The van der Waals surface area contributed by atoms with Crippen LogP contribution in [-0.2, 0) is 0 Å². The van der Waals surface area contributed by atoms with Crippen LogP contribution in [0.1, 0.15) is 76.2 Å². The molecule has 6 rings (SSSR count). The van der Waals surface area contributed by atoms with E-state index in [4.69, 9.17) is 10.8 Å². The monoisotopic (exact) mass is 456 g/mol. The molecule has 2 amide bonds. The second-order valence-electron chi connectivity index (χ2n) is 10.8. The van der Waals surface area contributed by atoms with Gasteiger partial charge in [0.15, 0.2) is 0 Å². The molecule has 3 aliphatic carbocycles. The molecule has 2 N–H and O–H groups in total. The first-order valence-corrected chi connectivity index (χ1v) is 13.4. The van der Waals surface area contributed by atoms with Crippen LogP contribution in [0.15, 0.2) is 53.6 Å². The van der Waals surface area contributed by atoms with Crippen molar-refractivity contribution in [3.63, 3.8) is 0 Å². The number of hydrogen-bond donors (Lipinski definition) is 1. The van der Waals surface area contributed by atoms with E-state index in [-0.39, 0.29) is 12.1 Å². The number of carbonyl (C=O) groups excluding carboxylic acids is 1. The summed E-state index contributed by atoms with van der Waals surface area (Å²) in [5.41, 5.74) is 10.8. The van der Waals surface area contributed by atoms with Gasteiger partial charge in [-0.05, 0) is 80.7 Å². The van der Waals surface area contributed by atoms with E-state index in [9.17, 15) is 4.79 Å². The smallest absolute Gasteiger partial charge is 0.349 e. The van der Waals surface area contributed by atoms with E-state index in [2.05, 4.69) is 18.2 Å². The molecule has 0 aromatic heterocycles. The molecule has 1 heterocycles. The minimum atomic E-state index is -0.00756. The highest BCUT2D eigenvalue weighted by atomic mass is 16.2. The fourth-order valence-corrected chi connectivity index (χ4v) is 7.09. The van der Waals surface area contributed by atoms with Gasteiger partial charge >= 0.3 is 6.03 Å². The van der Waals surface area contributed by atoms with Crippen molar-refractivity contribution < 1.29 is 4.79 Å². The minimum Gasteiger partial charge on any atom is -0.399 e. The average Bonchev–Trinajstić information content (AvgIpc) is 2.99. The van der Waals surface area contributed by atoms with E-state index in [1.807, 2.05) is 40.2 Å². The van der Waals surface area contributed by atoms with Crippen LogP contribution in [0.25, 0.3) is 0 Å². The highest BCUT2D eigenvalue weighted by molar-refractivity contribution is 6.13. The van der Waals surface area contributed by atoms with E-state index in [1.54, 1.807) is 0 Å². The number of fused-ring (bicyclic) bond motifs is 3.